The molecular weight excluding hydrogens is 222 g/mol. The van der Waals surface area contributed by atoms with E-state index in [1.165, 1.54) is 12.0 Å². The number of carbonyl (C=O) groups excluding carboxylic acids is 1. The lowest BCUT2D eigenvalue weighted by Crippen LogP contribution is -2.34. The molecule has 5 nitrogen and oxygen atoms in total. The summed E-state index contributed by atoms with van der Waals surface area (Å²) in [6.07, 6.45) is 0.440. The van der Waals surface area contributed by atoms with Crippen molar-refractivity contribution in [2.75, 3.05) is 13.7 Å². The maximum Gasteiger partial charge on any atom is 0.407 e. The smallest absolute Gasteiger partial charge is 0.407 e. The minimum Gasteiger partial charge on any atom is -0.496 e. The Morgan fingerprint density at radius 1 is 1.47 bits per heavy atom. The Hall–Kier alpha value is -2.04. The van der Waals surface area contributed by atoms with Gasteiger partial charge >= 0.3 is 6.09 Å². The molecule has 0 fully saturated rings. The second-order valence-corrected chi connectivity index (χ2v) is 3.93. The normalized spacial score (nSPS) is 14.1. The molecule has 1 aliphatic heterocycles. The number of nitrogens with zero attached hydrogens (tertiary/aromatic N) is 1. The van der Waals surface area contributed by atoms with Gasteiger partial charge in [-0.25, -0.2) is 4.79 Å². The third kappa shape index (κ3) is 2.08. The van der Waals surface area contributed by atoms with Gasteiger partial charge in [-0.15, -0.1) is 0 Å². The second kappa shape index (κ2) is 4.45. The molecule has 0 aliphatic carbocycles. The van der Waals surface area contributed by atoms with Crippen molar-refractivity contribution >= 4 is 12.4 Å². The lowest BCUT2D eigenvalue weighted by Gasteiger charge is -2.27. The summed E-state index contributed by atoms with van der Waals surface area (Å²) in [5.41, 5.74) is 2.38. The molecule has 1 amide bonds. The molecule has 17 heavy (non-hydrogen) atoms. The number of hydrogen-bond acceptors (Lipinski definition) is 3. The number of rotatable bonds is 2. The Morgan fingerprint density at radius 3 is 2.82 bits per heavy atom. The number of carbonyl (C=O) groups is 2. The van der Waals surface area contributed by atoms with E-state index in [1.54, 1.807) is 6.07 Å². The van der Waals surface area contributed by atoms with Crippen molar-refractivity contribution in [1.29, 1.82) is 0 Å². The average molecular weight is 235 g/mol. The van der Waals surface area contributed by atoms with Crippen molar-refractivity contribution in [3.63, 3.8) is 0 Å². The van der Waals surface area contributed by atoms with Gasteiger partial charge in [-0.1, -0.05) is 0 Å². The van der Waals surface area contributed by atoms with Crippen molar-refractivity contribution in [1.82, 2.24) is 4.90 Å². The average Bonchev–Trinajstić information content (AvgIpc) is 2.36. The number of ether oxygens (including phenoxy) is 1. The monoisotopic (exact) mass is 235 g/mol. The van der Waals surface area contributed by atoms with Gasteiger partial charge in [0.1, 0.15) is 5.75 Å². The maximum atomic E-state index is 10.9. The summed E-state index contributed by atoms with van der Waals surface area (Å²) in [5, 5.41) is 8.92. The van der Waals surface area contributed by atoms with Crippen LogP contribution in [0.3, 0.4) is 0 Å². The molecular formula is C12H13NO4. The van der Waals surface area contributed by atoms with E-state index in [1.807, 2.05) is 6.07 Å². The van der Waals surface area contributed by atoms with Gasteiger partial charge in [0, 0.05) is 13.1 Å². The van der Waals surface area contributed by atoms with Crippen LogP contribution in [0.5, 0.6) is 5.75 Å². The van der Waals surface area contributed by atoms with Crippen LogP contribution in [0.4, 0.5) is 4.79 Å². The second-order valence-electron chi connectivity index (χ2n) is 3.93. The standard InChI is InChI=1S/C12H13NO4/c1-17-11-5-8-2-3-13(12(15)16)6-9(8)4-10(11)7-14/h4-5,7H,2-3,6H2,1H3,(H,15,16). The highest BCUT2D eigenvalue weighted by Crippen LogP contribution is 2.26. The summed E-state index contributed by atoms with van der Waals surface area (Å²) < 4.78 is 5.12. The first-order chi connectivity index (χ1) is 8.15. The number of methoxy groups -OCH3 is 1. The molecule has 0 unspecified atom stereocenters. The number of fused-ring (bicyclic) bond motifs is 1. The topological polar surface area (TPSA) is 66.8 Å². The fourth-order valence-electron chi connectivity index (χ4n) is 2.04. The zero-order valence-electron chi connectivity index (χ0n) is 9.47. The number of aldehydes is 1. The minimum absolute atomic E-state index is 0.329. The first-order valence-corrected chi connectivity index (χ1v) is 5.28. The van der Waals surface area contributed by atoms with Gasteiger partial charge in [-0.2, -0.15) is 0 Å². The summed E-state index contributed by atoms with van der Waals surface area (Å²) in [6, 6.07) is 3.52. The van der Waals surface area contributed by atoms with E-state index in [-0.39, 0.29) is 0 Å². The molecule has 1 N–H and O–H groups in total. The highest BCUT2D eigenvalue weighted by molar-refractivity contribution is 5.80. The van der Waals surface area contributed by atoms with E-state index in [2.05, 4.69) is 0 Å². The molecule has 0 aromatic heterocycles. The van der Waals surface area contributed by atoms with Gasteiger partial charge in [0.2, 0.25) is 0 Å². The van der Waals surface area contributed by atoms with Crippen molar-refractivity contribution in [2.24, 2.45) is 0 Å². The predicted octanol–water partition coefficient (Wildman–Crippen LogP) is 1.54. The molecule has 0 saturated heterocycles. The molecule has 1 aromatic carbocycles. The van der Waals surface area contributed by atoms with Crippen LogP contribution in [0, 0.1) is 0 Å². The van der Waals surface area contributed by atoms with Crippen LogP contribution in [0.25, 0.3) is 0 Å². The fraction of sp³-hybridized carbons (Fsp3) is 0.333. The Kier molecular flexibility index (Phi) is 2.99. The SMILES string of the molecule is COc1cc2c(cc1C=O)CN(C(=O)O)CC2. The van der Waals surface area contributed by atoms with Gasteiger partial charge < -0.3 is 14.7 Å². The molecule has 0 atom stereocenters. The van der Waals surface area contributed by atoms with Gasteiger partial charge in [0.05, 0.1) is 12.7 Å². The van der Waals surface area contributed by atoms with Crippen molar-refractivity contribution < 1.29 is 19.4 Å². The molecule has 1 aliphatic rings. The van der Waals surface area contributed by atoms with Crippen LogP contribution in [-0.4, -0.2) is 36.0 Å². The van der Waals surface area contributed by atoms with E-state index in [0.717, 1.165) is 17.4 Å². The molecule has 0 spiro atoms. The number of benzene rings is 1. The van der Waals surface area contributed by atoms with Crippen LogP contribution >= 0.6 is 0 Å². The quantitative estimate of drug-likeness (QED) is 0.789. The highest BCUT2D eigenvalue weighted by Gasteiger charge is 2.21. The van der Waals surface area contributed by atoms with E-state index in [9.17, 15) is 9.59 Å². The van der Waals surface area contributed by atoms with Crippen molar-refractivity contribution in [2.45, 2.75) is 13.0 Å². The molecule has 0 bridgehead atoms. The lowest BCUT2D eigenvalue weighted by molar-refractivity contribution is 0.112. The van der Waals surface area contributed by atoms with Crippen LogP contribution in [0.1, 0.15) is 21.5 Å². The minimum atomic E-state index is -0.931. The fourth-order valence-corrected chi connectivity index (χ4v) is 2.04. The molecule has 5 heteroatoms. The highest BCUT2D eigenvalue weighted by atomic mass is 16.5. The predicted molar refractivity (Wildman–Crippen MR) is 60.5 cm³/mol. The zero-order valence-corrected chi connectivity index (χ0v) is 9.47. The van der Waals surface area contributed by atoms with Crippen molar-refractivity contribution in [3.8, 4) is 5.75 Å². The van der Waals surface area contributed by atoms with Crippen LogP contribution in [0.15, 0.2) is 12.1 Å². The Balaban J connectivity index is 2.38. The molecule has 1 heterocycles. The molecule has 0 saturated carbocycles. The van der Waals surface area contributed by atoms with E-state index in [0.29, 0.717) is 30.8 Å². The number of hydrogen-bond donors (Lipinski definition) is 1. The third-order valence-corrected chi connectivity index (χ3v) is 2.96. The van der Waals surface area contributed by atoms with Crippen LogP contribution < -0.4 is 4.74 Å². The maximum absolute atomic E-state index is 10.9. The summed E-state index contributed by atoms with van der Waals surface area (Å²) in [4.78, 5) is 23.1. The lowest BCUT2D eigenvalue weighted by atomic mass is 9.97. The first kappa shape index (κ1) is 11.4. The van der Waals surface area contributed by atoms with E-state index >= 15 is 0 Å². The third-order valence-electron chi connectivity index (χ3n) is 2.96. The van der Waals surface area contributed by atoms with E-state index < -0.39 is 6.09 Å². The van der Waals surface area contributed by atoms with Crippen LogP contribution in [-0.2, 0) is 13.0 Å². The zero-order chi connectivity index (χ0) is 12.4. The van der Waals surface area contributed by atoms with Gasteiger partial charge in [-0.3, -0.25) is 4.79 Å². The Bertz CT molecular complexity index is 470. The van der Waals surface area contributed by atoms with Crippen molar-refractivity contribution in [3.05, 3.63) is 28.8 Å². The molecule has 0 radical (unpaired) electrons. The summed E-state index contributed by atoms with van der Waals surface area (Å²) >= 11 is 0. The van der Waals surface area contributed by atoms with Gasteiger partial charge in [-0.05, 0) is 29.7 Å². The Labute approximate surface area is 98.6 Å². The molecule has 2 rings (SSSR count). The largest absolute Gasteiger partial charge is 0.496 e. The molecule has 90 valence electrons. The number of carboxylic acid groups (broad SMARTS) is 1. The summed E-state index contributed by atoms with van der Waals surface area (Å²) in [7, 11) is 1.51. The van der Waals surface area contributed by atoms with Gasteiger partial charge in [0.25, 0.3) is 0 Å². The Morgan fingerprint density at radius 2 is 2.24 bits per heavy atom. The first-order valence-electron chi connectivity index (χ1n) is 5.28. The number of amides is 1. The van der Waals surface area contributed by atoms with Gasteiger partial charge in [0.15, 0.2) is 6.29 Å². The molecule has 1 aromatic rings. The summed E-state index contributed by atoms with van der Waals surface area (Å²) in [6.45, 7) is 0.807. The van der Waals surface area contributed by atoms with Crippen LogP contribution in [0.2, 0.25) is 0 Å². The van der Waals surface area contributed by atoms with E-state index in [4.69, 9.17) is 9.84 Å². The summed E-state index contributed by atoms with van der Waals surface area (Å²) in [5.74, 6) is 0.544.